The van der Waals surface area contributed by atoms with Gasteiger partial charge in [0.2, 0.25) is 10.0 Å². The van der Waals surface area contributed by atoms with Crippen molar-refractivity contribution in [2.24, 2.45) is 0 Å². The fourth-order valence-corrected chi connectivity index (χ4v) is 5.89. The third-order valence-electron chi connectivity index (χ3n) is 4.67. The van der Waals surface area contributed by atoms with Crippen molar-refractivity contribution >= 4 is 27.3 Å². The van der Waals surface area contributed by atoms with Crippen LogP contribution < -0.4 is 0 Å². The number of thiazole rings is 1. The van der Waals surface area contributed by atoms with E-state index in [0.29, 0.717) is 36.6 Å². The molecular formula is C18H26N4O4S2. The minimum atomic E-state index is -3.70. The molecule has 1 aliphatic rings. The average molecular weight is 427 g/mol. The largest absolute Gasteiger partial charge is 0.360 e. The predicted octanol–water partition coefficient (Wildman–Crippen LogP) is 2.58. The number of hydrogen-bond acceptors (Lipinski definition) is 7. The van der Waals surface area contributed by atoms with E-state index < -0.39 is 10.0 Å². The van der Waals surface area contributed by atoms with Crippen LogP contribution in [0, 0.1) is 13.8 Å². The van der Waals surface area contributed by atoms with E-state index in [1.54, 1.807) is 24.9 Å². The molecule has 1 amide bonds. The first-order valence-electron chi connectivity index (χ1n) is 9.20. The Kier molecular flexibility index (Phi) is 5.66. The number of aryl methyl sites for hydroxylation is 2. The second-order valence-electron chi connectivity index (χ2n) is 7.98. The van der Waals surface area contributed by atoms with Crippen LogP contribution in [0.3, 0.4) is 0 Å². The first kappa shape index (κ1) is 20.9. The summed E-state index contributed by atoms with van der Waals surface area (Å²) in [7, 11) is -3.70. The molecule has 3 heterocycles. The first-order valence-corrected chi connectivity index (χ1v) is 11.5. The molecule has 2 aromatic heterocycles. The molecule has 0 saturated carbocycles. The van der Waals surface area contributed by atoms with Gasteiger partial charge >= 0.3 is 0 Å². The Morgan fingerprint density at radius 1 is 1.18 bits per heavy atom. The number of amides is 1. The van der Waals surface area contributed by atoms with Crippen molar-refractivity contribution in [3.63, 3.8) is 0 Å². The molecule has 0 atom stereocenters. The average Bonchev–Trinajstić information content (AvgIpc) is 3.13. The van der Waals surface area contributed by atoms with Gasteiger partial charge in [-0.2, -0.15) is 4.31 Å². The molecule has 154 valence electrons. The zero-order valence-corrected chi connectivity index (χ0v) is 18.5. The highest BCUT2D eigenvalue weighted by Gasteiger charge is 2.33. The number of rotatable bonds is 3. The van der Waals surface area contributed by atoms with Gasteiger partial charge in [-0.3, -0.25) is 4.79 Å². The maximum absolute atomic E-state index is 13.0. The van der Waals surface area contributed by atoms with E-state index in [2.05, 4.69) is 30.9 Å². The molecule has 1 fully saturated rings. The third-order valence-corrected chi connectivity index (χ3v) is 8.22. The molecule has 0 aromatic carbocycles. The molecule has 2 aromatic rings. The summed E-state index contributed by atoms with van der Waals surface area (Å²) in [5.74, 6) is 0.193. The van der Waals surface area contributed by atoms with E-state index in [0.717, 1.165) is 5.01 Å². The van der Waals surface area contributed by atoms with Crippen LogP contribution in [0.4, 0.5) is 0 Å². The maximum atomic E-state index is 13.0. The molecule has 0 aliphatic carbocycles. The topological polar surface area (TPSA) is 96.6 Å². The SMILES string of the molecule is Cc1noc(C)c1S(=O)(=O)N1CCCN(C(=O)c2cnc(C(C)(C)C)s2)CC1. The minimum absolute atomic E-state index is 0.0930. The Labute approximate surface area is 169 Å². The highest BCUT2D eigenvalue weighted by atomic mass is 32.2. The lowest BCUT2D eigenvalue weighted by Gasteiger charge is -2.21. The van der Waals surface area contributed by atoms with E-state index in [4.69, 9.17) is 4.52 Å². The summed E-state index contributed by atoms with van der Waals surface area (Å²) in [6.07, 6.45) is 2.19. The van der Waals surface area contributed by atoms with Gasteiger partial charge in [-0.15, -0.1) is 11.3 Å². The van der Waals surface area contributed by atoms with Crippen molar-refractivity contribution in [3.8, 4) is 0 Å². The predicted molar refractivity (Wildman–Crippen MR) is 106 cm³/mol. The number of hydrogen-bond donors (Lipinski definition) is 0. The highest BCUT2D eigenvalue weighted by molar-refractivity contribution is 7.89. The van der Waals surface area contributed by atoms with Gasteiger partial charge in [-0.05, 0) is 20.3 Å². The van der Waals surface area contributed by atoms with Crippen LogP contribution in [0.5, 0.6) is 0 Å². The lowest BCUT2D eigenvalue weighted by Crippen LogP contribution is -2.37. The molecule has 8 nitrogen and oxygen atoms in total. The normalized spacial score (nSPS) is 17.0. The van der Waals surface area contributed by atoms with Gasteiger partial charge in [0.05, 0.1) is 11.2 Å². The van der Waals surface area contributed by atoms with Crippen LogP contribution in [-0.2, 0) is 15.4 Å². The zero-order chi connectivity index (χ0) is 20.7. The monoisotopic (exact) mass is 426 g/mol. The lowest BCUT2D eigenvalue weighted by atomic mass is 9.98. The van der Waals surface area contributed by atoms with Crippen LogP contribution in [0.25, 0.3) is 0 Å². The van der Waals surface area contributed by atoms with Crippen LogP contribution >= 0.6 is 11.3 Å². The van der Waals surface area contributed by atoms with Crippen molar-refractivity contribution in [2.75, 3.05) is 26.2 Å². The molecule has 0 bridgehead atoms. The summed E-state index contributed by atoms with van der Waals surface area (Å²) in [6.45, 7) is 10.8. The van der Waals surface area contributed by atoms with Gasteiger partial charge in [0.25, 0.3) is 5.91 Å². The number of carbonyl (C=O) groups is 1. The fourth-order valence-electron chi connectivity index (χ4n) is 3.18. The van der Waals surface area contributed by atoms with Gasteiger partial charge in [0.15, 0.2) is 5.76 Å². The van der Waals surface area contributed by atoms with E-state index >= 15 is 0 Å². The summed E-state index contributed by atoms with van der Waals surface area (Å²) < 4.78 is 32.5. The smallest absolute Gasteiger partial charge is 0.265 e. The number of aromatic nitrogens is 2. The van der Waals surface area contributed by atoms with E-state index in [-0.39, 0.29) is 28.5 Å². The Hall–Kier alpha value is -1.78. The Morgan fingerprint density at radius 3 is 2.46 bits per heavy atom. The summed E-state index contributed by atoms with van der Waals surface area (Å²) in [5.41, 5.74) is 0.246. The van der Waals surface area contributed by atoms with Crippen LogP contribution in [0.1, 0.15) is 53.3 Å². The van der Waals surface area contributed by atoms with E-state index in [1.165, 1.54) is 15.6 Å². The van der Waals surface area contributed by atoms with Gasteiger partial charge in [0, 0.05) is 31.6 Å². The molecule has 1 aliphatic heterocycles. The van der Waals surface area contributed by atoms with Crippen molar-refractivity contribution < 1.29 is 17.7 Å². The Balaban J connectivity index is 1.75. The Bertz CT molecular complexity index is 953. The number of sulfonamides is 1. The van der Waals surface area contributed by atoms with Crippen LogP contribution in [-0.4, -0.2) is 59.8 Å². The van der Waals surface area contributed by atoms with Crippen molar-refractivity contribution in [3.05, 3.63) is 27.5 Å². The molecule has 10 heteroatoms. The van der Waals surface area contributed by atoms with E-state index in [1.807, 2.05) is 0 Å². The van der Waals surface area contributed by atoms with Crippen molar-refractivity contribution in [1.29, 1.82) is 0 Å². The van der Waals surface area contributed by atoms with Crippen LogP contribution in [0.15, 0.2) is 15.6 Å². The molecule has 1 saturated heterocycles. The fraction of sp³-hybridized carbons (Fsp3) is 0.611. The molecule has 3 rings (SSSR count). The molecule has 0 spiro atoms. The molecule has 0 unspecified atom stereocenters. The summed E-state index contributed by atoms with van der Waals surface area (Å²) in [6, 6.07) is 0. The summed E-state index contributed by atoms with van der Waals surface area (Å²) in [4.78, 5) is 19.7. The zero-order valence-electron chi connectivity index (χ0n) is 16.9. The van der Waals surface area contributed by atoms with Crippen molar-refractivity contribution in [1.82, 2.24) is 19.3 Å². The highest BCUT2D eigenvalue weighted by Crippen LogP contribution is 2.28. The van der Waals surface area contributed by atoms with Gasteiger partial charge in [-0.1, -0.05) is 25.9 Å². The minimum Gasteiger partial charge on any atom is -0.360 e. The number of nitrogens with zero attached hydrogens (tertiary/aromatic N) is 4. The van der Waals surface area contributed by atoms with Crippen LogP contribution in [0.2, 0.25) is 0 Å². The van der Waals surface area contributed by atoms with Gasteiger partial charge < -0.3 is 9.42 Å². The molecule has 28 heavy (non-hydrogen) atoms. The maximum Gasteiger partial charge on any atom is 0.265 e. The van der Waals surface area contributed by atoms with Gasteiger partial charge in [0.1, 0.15) is 15.5 Å². The molecule has 0 radical (unpaired) electrons. The molecule has 0 N–H and O–H groups in total. The Morgan fingerprint density at radius 2 is 1.89 bits per heavy atom. The number of carbonyl (C=O) groups excluding carboxylic acids is 1. The first-order chi connectivity index (χ1) is 13.0. The van der Waals surface area contributed by atoms with Gasteiger partial charge in [-0.25, -0.2) is 13.4 Å². The van der Waals surface area contributed by atoms with Crippen molar-refractivity contribution in [2.45, 2.75) is 51.3 Å². The standard InChI is InChI=1S/C18H26N4O4S2/c1-12-15(13(2)26-20-12)28(24,25)22-8-6-7-21(9-10-22)16(23)14-11-19-17(27-14)18(3,4)5/h11H,6-10H2,1-5H3. The summed E-state index contributed by atoms with van der Waals surface area (Å²) >= 11 is 1.40. The summed E-state index contributed by atoms with van der Waals surface area (Å²) in [5, 5.41) is 4.67. The second kappa shape index (κ2) is 7.57. The molecular weight excluding hydrogens is 400 g/mol. The quantitative estimate of drug-likeness (QED) is 0.748. The second-order valence-corrected chi connectivity index (χ2v) is 10.9. The van der Waals surface area contributed by atoms with E-state index in [9.17, 15) is 13.2 Å². The third kappa shape index (κ3) is 3.99. The lowest BCUT2D eigenvalue weighted by molar-refractivity contribution is 0.0769.